The zero-order valence-electron chi connectivity index (χ0n) is 13.0. The van der Waals surface area contributed by atoms with Crippen LogP contribution in [0.4, 0.5) is 0 Å². The molecular formula is C18H13N3O2S2. The number of thioether (sulfide) groups is 1. The number of rotatable bonds is 4. The van der Waals surface area contributed by atoms with Crippen molar-refractivity contribution in [2.24, 2.45) is 0 Å². The van der Waals surface area contributed by atoms with Gasteiger partial charge in [0.1, 0.15) is 0 Å². The maximum Gasteiger partial charge on any atom is 0.285 e. The first-order chi connectivity index (χ1) is 12.1. The Morgan fingerprint density at radius 3 is 2.72 bits per heavy atom. The minimum absolute atomic E-state index is 0.279. The second-order valence-electron chi connectivity index (χ2n) is 4.99. The fraction of sp³-hybridized carbons (Fsp3) is 0. The van der Waals surface area contributed by atoms with Crippen LogP contribution in [-0.4, -0.2) is 26.1 Å². The van der Waals surface area contributed by atoms with Crippen molar-refractivity contribution in [1.29, 1.82) is 0 Å². The molecule has 2 amide bonds. The molecule has 124 valence electrons. The summed E-state index contributed by atoms with van der Waals surface area (Å²) < 4.78 is 0.279. The number of hydrazine groups is 1. The van der Waals surface area contributed by atoms with Crippen molar-refractivity contribution < 1.29 is 9.59 Å². The van der Waals surface area contributed by atoms with Gasteiger partial charge in [0.2, 0.25) is 0 Å². The fourth-order valence-electron chi connectivity index (χ4n) is 2.05. The number of nitrogens with one attached hydrogen (secondary N) is 1. The van der Waals surface area contributed by atoms with E-state index in [2.05, 4.69) is 10.4 Å². The van der Waals surface area contributed by atoms with Gasteiger partial charge >= 0.3 is 0 Å². The number of allylic oxidation sites excluding steroid dienone is 2. The molecule has 1 aliphatic heterocycles. The number of carbonyl (C=O) groups excluding carboxylic acids is 2. The molecule has 1 saturated heterocycles. The number of aromatic nitrogens is 1. The van der Waals surface area contributed by atoms with Crippen molar-refractivity contribution >= 4 is 46.2 Å². The number of carbonyl (C=O) groups is 2. The molecule has 0 aliphatic carbocycles. The summed E-state index contributed by atoms with van der Waals surface area (Å²) in [5, 5.41) is 1.08. The largest absolute Gasteiger partial charge is 0.285 e. The van der Waals surface area contributed by atoms with Gasteiger partial charge in [-0.2, -0.15) is 5.01 Å². The smallest absolute Gasteiger partial charge is 0.267 e. The van der Waals surface area contributed by atoms with Crippen LogP contribution in [0, 0.1) is 0 Å². The topological polar surface area (TPSA) is 62.3 Å². The molecule has 2 heterocycles. The maximum absolute atomic E-state index is 12.4. The van der Waals surface area contributed by atoms with Crippen LogP contribution in [0.5, 0.6) is 0 Å². The second kappa shape index (κ2) is 7.87. The Labute approximate surface area is 154 Å². The molecule has 5 nitrogen and oxygen atoms in total. The van der Waals surface area contributed by atoms with Crippen molar-refractivity contribution in [2.75, 3.05) is 0 Å². The third-order valence-corrected chi connectivity index (χ3v) is 4.59. The number of hydrogen-bond acceptors (Lipinski definition) is 5. The van der Waals surface area contributed by atoms with Crippen LogP contribution >= 0.6 is 24.0 Å². The third kappa shape index (κ3) is 4.20. The van der Waals surface area contributed by atoms with Crippen molar-refractivity contribution in [1.82, 2.24) is 15.4 Å². The van der Waals surface area contributed by atoms with Crippen LogP contribution < -0.4 is 5.43 Å². The highest BCUT2D eigenvalue weighted by molar-refractivity contribution is 8.26. The molecule has 1 aliphatic rings. The standard InChI is InChI=1S/C18H13N3O2S2/c22-16(14-9-5-11-19-12-14)20-21-17(23)15(25-18(21)24)10-4-8-13-6-2-1-3-7-13/h1-12H,(H,20,22)/b8-4+,15-10-. The van der Waals surface area contributed by atoms with Gasteiger partial charge in [0.05, 0.1) is 10.5 Å². The van der Waals surface area contributed by atoms with Gasteiger partial charge in [0.15, 0.2) is 4.32 Å². The fourth-order valence-corrected chi connectivity index (χ4v) is 3.18. The van der Waals surface area contributed by atoms with E-state index < -0.39 is 5.91 Å². The van der Waals surface area contributed by atoms with Gasteiger partial charge in [0, 0.05) is 12.4 Å². The highest BCUT2D eigenvalue weighted by atomic mass is 32.2. The Bertz CT molecular complexity index is 864. The number of nitrogens with zero attached hydrogens (tertiary/aromatic N) is 2. The summed E-state index contributed by atoms with van der Waals surface area (Å²) in [6, 6.07) is 13.0. The number of amides is 2. The van der Waals surface area contributed by atoms with Gasteiger partial charge in [-0.25, -0.2) is 0 Å². The zero-order chi connectivity index (χ0) is 17.6. The molecule has 7 heteroatoms. The highest BCUT2D eigenvalue weighted by Crippen LogP contribution is 2.29. The second-order valence-corrected chi connectivity index (χ2v) is 6.67. The molecule has 1 N–H and O–H groups in total. The highest BCUT2D eigenvalue weighted by Gasteiger charge is 2.33. The number of pyridine rings is 1. The lowest BCUT2D eigenvalue weighted by molar-refractivity contribution is -0.123. The van der Waals surface area contributed by atoms with E-state index in [4.69, 9.17) is 12.2 Å². The van der Waals surface area contributed by atoms with Gasteiger partial charge in [-0.1, -0.05) is 54.2 Å². The van der Waals surface area contributed by atoms with E-state index in [0.717, 1.165) is 22.3 Å². The van der Waals surface area contributed by atoms with Gasteiger partial charge in [0.25, 0.3) is 11.8 Å². The summed E-state index contributed by atoms with van der Waals surface area (Å²) >= 11 is 6.32. The quantitative estimate of drug-likeness (QED) is 0.664. The minimum atomic E-state index is -0.439. The first kappa shape index (κ1) is 17.1. The summed E-state index contributed by atoms with van der Waals surface area (Å²) in [5.41, 5.74) is 3.89. The first-order valence-corrected chi connectivity index (χ1v) is 8.58. The molecule has 2 aromatic rings. The van der Waals surface area contributed by atoms with E-state index >= 15 is 0 Å². The maximum atomic E-state index is 12.4. The molecule has 0 spiro atoms. The Kier molecular flexibility index (Phi) is 5.37. The molecule has 1 aromatic carbocycles. The molecule has 0 radical (unpaired) electrons. The Balaban J connectivity index is 1.69. The minimum Gasteiger partial charge on any atom is -0.267 e. The van der Waals surface area contributed by atoms with E-state index in [1.165, 1.54) is 6.20 Å². The van der Waals surface area contributed by atoms with Crippen LogP contribution in [0.3, 0.4) is 0 Å². The molecule has 0 saturated carbocycles. The molecular weight excluding hydrogens is 354 g/mol. The number of benzene rings is 1. The summed E-state index contributed by atoms with van der Waals surface area (Å²) in [7, 11) is 0. The van der Waals surface area contributed by atoms with Crippen LogP contribution in [0.2, 0.25) is 0 Å². The molecule has 0 bridgehead atoms. The summed E-state index contributed by atoms with van der Waals surface area (Å²) in [5.74, 6) is -0.796. The lowest BCUT2D eigenvalue weighted by Gasteiger charge is -2.15. The van der Waals surface area contributed by atoms with Crippen molar-refractivity contribution in [2.45, 2.75) is 0 Å². The Morgan fingerprint density at radius 1 is 1.20 bits per heavy atom. The average molecular weight is 367 g/mol. The van der Waals surface area contributed by atoms with E-state index in [1.54, 1.807) is 30.5 Å². The van der Waals surface area contributed by atoms with E-state index in [1.807, 2.05) is 36.4 Å². The molecule has 3 rings (SSSR count). The zero-order valence-corrected chi connectivity index (χ0v) is 14.6. The molecule has 0 unspecified atom stereocenters. The summed E-state index contributed by atoms with van der Waals surface area (Å²) in [6.45, 7) is 0. The lowest BCUT2D eigenvalue weighted by atomic mass is 10.2. The van der Waals surface area contributed by atoms with Gasteiger partial charge < -0.3 is 0 Å². The van der Waals surface area contributed by atoms with Crippen LogP contribution in [0.15, 0.2) is 71.9 Å². The SMILES string of the molecule is O=C(NN1C(=O)/C(=C/C=C/c2ccccc2)SC1=S)c1cccnc1. The van der Waals surface area contributed by atoms with Crippen molar-refractivity contribution in [3.8, 4) is 0 Å². The number of thiocarbonyl (C=S) groups is 1. The van der Waals surface area contributed by atoms with E-state index in [9.17, 15) is 9.59 Å². The predicted octanol–water partition coefficient (Wildman–Crippen LogP) is 3.18. The first-order valence-electron chi connectivity index (χ1n) is 7.36. The van der Waals surface area contributed by atoms with Gasteiger partial charge in [-0.15, -0.1) is 0 Å². The van der Waals surface area contributed by atoms with Crippen molar-refractivity contribution in [3.05, 3.63) is 83.0 Å². The Morgan fingerprint density at radius 2 is 2.00 bits per heavy atom. The van der Waals surface area contributed by atoms with Gasteiger partial charge in [-0.05, 0) is 36.0 Å². The monoisotopic (exact) mass is 367 g/mol. The van der Waals surface area contributed by atoms with Crippen LogP contribution in [-0.2, 0) is 4.79 Å². The summed E-state index contributed by atoms with van der Waals surface area (Å²) in [6.07, 6.45) is 8.34. The Hall–Kier alpha value is -2.77. The molecule has 0 atom stereocenters. The number of hydrogen-bond donors (Lipinski definition) is 1. The normalized spacial score (nSPS) is 16.0. The molecule has 1 aromatic heterocycles. The third-order valence-electron chi connectivity index (χ3n) is 3.27. The molecule has 1 fully saturated rings. The predicted molar refractivity (Wildman–Crippen MR) is 102 cm³/mol. The van der Waals surface area contributed by atoms with E-state index in [-0.39, 0.29) is 10.2 Å². The van der Waals surface area contributed by atoms with E-state index in [0.29, 0.717) is 10.5 Å². The van der Waals surface area contributed by atoms with Crippen LogP contribution in [0.1, 0.15) is 15.9 Å². The van der Waals surface area contributed by atoms with Crippen LogP contribution in [0.25, 0.3) is 6.08 Å². The van der Waals surface area contributed by atoms with Crippen molar-refractivity contribution in [3.63, 3.8) is 0 Å². The van der Waals surface area contributed by atoms with Gasteiger partial charge in [-0.3, -0.25) is 20.0 Å². The summed E-state index contributed by atoms with van der Waals surface area (Å²) in [4.78, 5) is 28.9. The lowest BCUT2D eigenvalue weighted by Crippen LogP contribution is -2.44. The molecule has 25 heavy (non-hydrogen) atoms. The average Bonchev–Trinajstić information content (AvgIpc) is 2.91.